The highest BCUT2D eigenvalue weighted by atomic mass is 16.5. The molecule has 1 N–H and O–H groups in total. The fraction of sp³-hybridized carbons (Fsp3) is 0.412. The van der Waals surface area contributed by atoms with E-state index in [1.807, 2.05) is 6.07 Å². The lowest BCUT2D eigenvalue weighted by atomic mass is 9.97. The van der Waals surface area contributed by atoms with Crippen LogP contribution in [0.25, 0.3) is 10.8 Å². The molecule has 0 amide bonds. The highest BCUT2D eigenvalue weighted by molar-refractivity contribution is 5.87. The third-order valence-electron chi connectivity index (χ3n) is 3.63. The van der Waals surface area contributed by atoms with Crippen LogP contribution in [0.2, 0.25) is 0 Å². The van der Waals surface area contributed by atoms with E-state index in [4.69, 9.17) is 4.74 Å². The molecule has 0 aromatic heterocycles. The van der Waals surface area contributed by atoms with Crippen molar-refractivity contribution in [1.29, 1.82) is 0 Å². The molecule has 2 aromatic rings. The molecule has 1 atom stereocenters. The van der Waals surface area contributed by atoms with Crippen molar-refractivity contribution < 1.29 is 4.74 Å². The van der Waals surface area contributed by atoms with Crippen LogP contribution in [-0.2, 0) is 6.42 Å². The second kappa shape index (κ2) is 6.58. The van der Waals surface area contributed by atoms with Gasteiger partial charge in [-0.25, -0.2) is 0 Å². The monoisotopic (exact) mass is 257 g/mol. The number of hydrogen-bond donors (Lipinski definition) is 1. The van der Waals surface area contributed by atoms with E-state index in [-0.39, 0.29) is 0 Å². The predicted octanol–water partition coefficient (Wildman–Crippen LogP) is 3.78. The zero-order valence-electron chi connectivity index (χ0n) is 12.1. The highest BCUT2D eigenvalue weighted by Gasteiger charge is 2.09. The fourth-order valence-corrected chi connectivity index (χ4v) is 2.54. The molecule has 102 valence electrons. The minimum absolute atomic E-state index is 0.543. The lowest BCUT2D eigenvalue weighted by Gasteiger charge is -2.17. The first-order chi connectivity index (χ1) is 9.28. The van der Waals surface area contributed by atoms with E-state index < -0.39 is 0 Å². The first kappa shape index (κ1) is 13.9. The van der Waals surface area contributed by atoms with Crippen molar-refractivity contribution in [2.75, 3.05) is 13.7 Å². The standard InChI is InChI=1S/C17H23NO/c1-4-15(18-5-2)11-14-8-6-7-13-9-10-16(19-3)12-17(13)14/h6-10,12,15,18H,4-5,11H2,1-3H3. The molecule has 2 rings (SSSR count). The summed E-state index contributed by atoms with van der Waals surface area (Å²) in [5.74, 6) is 0.927. The van der Waals surface area contributed by atoms with Crippen LogP contribution in [0.5, 0.6) is 5.75 Å². The Hall–Kier alpha value is -1.54. The van der Waals surface area contributed by atoms with Crippen molar-refractivity contribution >= 4 is 10.8 Å². The van der Waals surface area contributed by atoms with Gasteiger partial charge in [-0.1, -0.05) is 38.1 Å². The zero-order valence-corrected chi connectivity index (χ0v) is 12.1. The number of fused-ring (bicyclic) bond motifs is 1. The van der Waals surface area contributed by atoms with Crippen molar-refractivity contribution in [1.82, 2.24) is 5.32 Å². The van der Waals surface area contributed by atoms with Gasteiger partial charge in [0.1, 0.15) is 5.75 Å². The van der Waals surface area contributed by atoms with Crippen LogP contribution in [0.3, 0.4) is 0 Å². The van der Waals surface area contributed by atoms with Gasteiger partial charge in [0.05, 0.1) is 7.11 Å². The zero-order chi connectivity index (χ0) is 13.7. The summed E-state index contributed by atoms with van der Waals surface area (Å²) in [4.78, 5) is 0. The van der Waals surface area contributed by atoms with Crippen molar-refractivity contribution in [3.05, 3.63) is 42.0 Å². The fourth-order valence-electron chi connectivity index (χ4n) is 2.54. The molecule has 0 spiro atoms. The van der Waals surface area contributed by atoms with E-state index in [0.29, 0.717) is 6.04 Å². The number of hydrogen-bond acceptors (Lipinski definition) is 2. The molecule has 0 radical (unpaired) electrons. The van der Waals surface area contributed by atoms with Crippen LogP contribution < -0.4 is 10.1 Å². The number of benzene rings is 2. The van der Waals surface area contributed by atoms with Crippen LogP contribution in [0.15, 0.2) is 36.4 Å². The minimum Gasteiger partial charge on any atom is -0.497 e. The van der Waals surface area contributed by atoms with Crippen LogP contribution in [0, 0.1) is 0 Å². The lowest BCUT2D eigenvalue weighted by molar-refractivity contribution is 0.415. The van der Waals surface area contributed by atoms with E-state index >= 15 is 0 Å². The quantitative estimate of drug-likeness (QED) is 0.850. The molecule has 0 fully saturated rings. The van der Waals surface area contributed by atoms with E-state index in [9.17, 15) is 0 Å². The molecule has 1 unspecified atom stereocenters. The Kier molecular flexibility index (Phi) is 4.80. The molecule has 0 heterocycles. The molecule has 2 aromatic carbocycles. The van der Waals surface area contributed by atoms with Gasteiger partial charge in [-0.3, -0.25) is 0 Å². The topological polar surface area (TPSA) is 21.3 Å². The summed E-state index contributed by atoms with van der Waals surface area (Å²) in [6.07, 6.45) is 2.21. The van der Waals surface area contributed by atoms with Crippen LogP contribution in [-0.4, -0.2) is 19.7 Å². The van der Waals surface area contributed by atoms with Gasteiger partial charge in [-0.2, -0.15) is 0 Å². The van der Waals surface area contributed by atoms with Crippen LogP contribution >= 0.6 is 0 Å². The Morgan fingerprint density at radius 3 is 2.68 bits per heavy atom. The third-order valence-corrected chi connectivity index (χ3v) is 3.63. The van der Waals surface area contributed by atoms with Gasteiger partial charge in [0, 0.05) is 6.04 Å². The Morgan fingerprint density at radius 1 is 1.16 bits per heavy atom. The van der Waals surface area contributed by atoms with Crippen LogP contribution in [0.1, 0.15) is 25.8 Å². The second-order valence-electron chi connectivity index (χ2n) is 4.87. The number of ether oxygens (including phenoxy) is 1. The first-order valence-electron chi connectivity index (χ1n) is 7.07. The SMILES string of the molecule is CCNC(CC)Cc1cccc2ccc(OC)cc12. The van der Waals surface area contributed by atoms with Crippen molar-refractivity contribution in [3.8, 4) is 5.75 Å². The van der Waals surface area contributed by atoms with Crippen molar-refractivity contribution in [2.24, 2.45) is 0 Å². The maximum Gasteiger partial charge on any atom is 0.119 e. The Morgan fingerprint density at radius 2 is 2.00 bits per heavy atom. The molecule has 2 heteroatoms. The van der Waals surface area contributed by atoms with Crippen LogP contribution in [0.4, 0.5) is 0 Å². The van der Waals surface area contributed by atoms with Gasteiger partial charge in [0.15, 0.2) is 0 Å². The van der Waals surface area contributed by atoms with Gasteiger partial charge in [-0.15, -0.1) is 0 Å². The summed E-state index contributed by atoms with van der Waals surface area (Å²) in [6, 6.07) is 13.4. The summed E-state index contributed by atoms with van der Waals surface area (Å²) >= 11 is 0. The van der Waals surface area contributed by atoms with Gasteiger partial charge in [-0.05, 0) is 47.9 Å². The number of rotatable bonds is 6. The number of nitrogens with one attached hydrogen (secondary N) is 1. The predicted molar refractivity (Wildman–Crippen MR) is 82.0 cm³/mol. The normalized spacial score (nSPS) is 12.6. The second-order valence-corrected chi connectivity index (χ2v) is 4.87. The summed E-state index contributed by atoms with van der Waals surface area (Å²) in [7, 11) is 1.72. The molecule has 0 saturated heterocycles. The lowest BCUT2D eigenvalue weighted by Crippen LogP contribution is -2.30. The Balaban J connectivity index is 2.35. The summed E-state index contributed by atoms with van der Waals surface area (Å²) in [5.41, 5.74) is 1.39. The van der Waals surface area contributed by atoms with Gasteiger partial charge >= 0.3 is 0 Å². The van der Waals surface area contributed by atoms with Gasteiger partial charge < -0.3 is 10.1 Å². The molecule has 0 bridgehead atoms. The number of methoxy groups -OCH3 is 1. The average molecular weight is 257 g/mol. The molecule has 0 saturated carbocycles. The largest absolute Gasteiger partial charge is 0.497 e. The molecule has 2 nitrogen and oxygen atoms in total. The third kappa shape index (κ3) is 3.27. The van der Waals surface area contributed by atoms with E-state index in [2.05, 4.69) is 49.5 Å². The summed E-state index contributed by atoms with van der Waals surface area (Å²) < 4.78 is 5.34. The van der Waals surface area contributed by atoms with Crippen molar-refractivity contribution in [2.45, 2.75) is 32.7 Å². The minimum atomic E-state index is 0.543. The van der Waals surface area contributed by atoms with E-state index in [0.717, 1.165) is 25.1 Å². The first-order valence-corrected chi connectivity index (χ1v) is 7.07. The molecule has 0 aliphatic rings. The van der Waals surface area contributed by atoms with E-state index in [1.54, 1.807) is 7.11 Å². The van der Waals surface area contributed by atoms with E-state index in [1.165, 1.54) is 16.3 Å². The Labute approximate surface area is 115 Å². The summed E-state index contributed by atoms with van der Waals surface area (Å²) in [6.45, 7) is 5.42. The van der Waals surface area contributed by atoms with Gasteiger partial charge in [0.25, 0.3) is 0 Å². The molecule has 0 aliphatic carbocycles. The van der Waals surface area contributed by atoms with Gasteiger partial charge in [0.2, 0.25) is 0 Å². The smallest absolute Gasteiger partial charge is 0.119 e. The molecule has 19 heavy (non-hydrogen) atoms. The maximum absolute atomic E-state index is 5.34. The molecule has 0 aliphatic heterocycles. The average Bonchev–Trinajstić information content (AvgIpc) is 2.46. The maximum atomic E-state index is 5.34. The van der Waals surface area contributed by atoms with Crippen molar-refractivity contribution in [3.63, 3.8) is 0 Å². The molecular weight excluding hydrogens is 234 g/mol. The highest BCUT2D eigenvalue weighted by Crippen LogP contribution is 2.25. The molecular formula is C17H23NO. The summed E-state index contributed by atoms with van der Waals surface area (Å²) in [5, 5.41) is 6.13. The number of likely N-dealkylation sites (N-methyl/N-ethyl adjacent to an activating group) is 1. The Bertz CT molecular complexity index is 536.